The predicted octanol–water partition coefficient (Wildman–Crippen LogP) is -4.75. The standard InChI is InChI=1S/C6H12ClN3O4Se2/c1-9(2)5-8-6(10(3)4)16(15-5)14-7(11,12)13/h1-4H3. The van der Waals surface area contributed by atoms with Crippen molar-refractivity contribution in [2.24, 2.45) is 4.99 Å². The molecular weight excluding hydrogens is 371 g/mol. The normalized spacial score (nSPS) is 21.6. The van der Waals surface area contributed by atoms with Gasteiger partial charge in [0.2, 0.25) is 0 Å². The van der Waals surface area contributed by atoms with Gasteiger partial charge in [-0.05, 0) is 0 Å². The summed E-state index contributed by atoms with van der Waals surface area (Å²) in [5, 5.41) is 0. The molecule has 10 heteroatoms. The van der Waals surface area contributed by atoms with E-state index in [1.54, 1.807) is 19.0 Å². The molecule has 0 radical (unpaired) electrons. The van der Waals surface area contributed by atoms with Gasteiger partial charge in [-0.1, -0.05) is 0 Å². The monoisotopic (exact) mass is 385 g/mol. The molecular formula is C6H12ClN3O4Se2. The first-order valence-corrected chi connectivity index (χ1v) is 12.0. The van der Waals surface area contributed by atoms with Crippen molar-refractivity contribution in [1.82, 2.24) is 9.80 Å². The molecule has 0 fully saturated rings. The summed E-state index contributed by atoms with van der Waals surface area (Å²) in [6, 6.07) is 0. The van der Waals surface area contributed by atoms with E-state index in [4.69, 9.17) is 0 Å². The van der Waals surface area contributed by atoms with E-state index < -0.39 is 22.2 Å². The van der Waals surface area contributed by atoms with E-state index in [9.17, 15) is 14.0 Å². The molecule has 0 aliphatic carbocycles. The van der Waals surface area contributed by atoms with Gasteiger partial charge in [-0.25, -0.2) is 0 Å². The average molecular weight is 384 g/mol. The molecule has 1 atom stereocenters. The molecule has 1 rings (SSSR count). The maximum absolute atomic E-state index is 10.6. The van der Waals surface area contributed by atoms with Crippen LogP contribution >= 0.6 is 0 Å². The first kappa shape index (κ1) is 14.5. The maximum atomic E-state index is 10.6. The number of hydrogen-bond donors (Lipinski definition) is 0. The van der Waals surface area contributed by atoms with Crippen molar-refractivity contribution in [3.63, 3.8) is 0 Å². The molecule has 1 aliphatic rings. The Balaban J connectivity index is 2.88. The molecule has 0 amide bonds. The SMILES string of the molecule is CN(C)C1=NC(N(C)C)=[Se](O[Cl+3]([O-])([O-])[O-])[Se]1. The van der Waals surface area contributed by atoms with Crippen LogP contribution in [0.15, 0.2) is 4.99 Å². The number of rotatable bonds is 3. The molecule has 0 saturated carbocycles. The zero-order valence-corrected chi connectivity index (χ0v) is 13.4. The van der Waals surface area contributed by atoms with Crippen LogP contribution in [0.25, 0.3) is 0 Å². The number of halogens is 1. The molecule has 0 spiro atoms. The van der Waals surface area contributed by atoms with Crippen molar-refractivity contribution < 1.29 is 27.6 Å². The fourth-order valence-electron chi connectivity index (χ4n) is 0.777. The zero-order valence-electron chi connectivity index (χ0n) is 9.17. The van der Waals surface area contributed by atoms with Gasteiger partial charge in [0.25, 0.3) is 0 Å². The molecule has 94 valence electrons. The van der Waals surface area contributed by atoms with Crippen LogP contribution in [-0.4, -0.2) is 72.5 Å². The van der Waals surface area contributed by atoms with Gasteiger partial charge < -0.3 is 0 Å². The van der Waals surface area contributed by atoms with Crippen molar-refractivity contribution in [2.45, 2.75) is 0 Å². The number of aliphatic imine (C=N–C) groups is 1. The van der Waals surface area contributed by atoms with Gasteiger partial charge >= 0.3 is 105 Å². The van der Waals surface area contributed by atoms with Crippen LogP contribution in [0.3, 0.4) is 0 Å². The van der Waals surface area contributed by atoms with E-state index in [2.05, 4.69) is 8.36 Å². The molecule has 0 saturated heterocycles. The molecule has 1 heterocycles. The van der Waals surface area contributed by atoms with Crippen molar-refractivity contribution in [1.29, 1.82) is 0 Å². The van der Waals surface area contributed by atoms with Gasteiger partial charge in [0.15, 0.2) is 0 Å². The van der Waals surface area contributed by atoms with E-state index >= 15 is 0 Å². The van der Waals surface area contributed by atoms with E-state index in [0.29, 0.717) is 4.67 Å². The summed E-state index contributed by atoms with van der Waals surface area (Å²) in [5.74, 6) is 0. The van der Waals surface area contributed by atoms with E-state index in [1.807, 2.05) is 19.0 Å². The molecule has 0 bridgehead atoms. The minimum absolute atomic E-state index is 0.201. The second-order valence-corrected chi connectivity index (χ2v) is 12.9. The minimum atomic E-state index is -4.37. The van der Waals surface area contributed by atoms with Crippen LogP contribution in [-0.2, 0) is 3.37 Å². The molecule has 0 aromatic carbocycles. The molecule has 0 aromatic rings. The van der Waals surface area contributed by atoms with Crippen LogP contribution in [0.4, 0.5) is 0 Å². The van der Waals surface area contributed by atoms with Gasteiger partial charge in [-0.2, -0.15) is 0 Å². The molecule has 16 heavy (non-hydrogen) atoms. The van der Waals surface area contributed by atoms with Gasteiger partial charge in [0.1, 0.15) is 0 Å². The second kappa shape index (κ2) is 5.41. The molecule has 0 N–H and O–H groups in total. The summed E-state index contributed by atoms with van der Waals surface area (Å²) in [5.41, 5.74) is 0. The Morgan fingerprint density at radius 3 is 2.12 bits per heavy atom. The fourth-order valence-corrected chi connectivity index (χ4v) is 13.9. The van der Waals surface area contributed by atoms with E-state index in [-0.39, 0.29) is 13.1 Å². The summed E-state index contributed by atoms with van der Waals surface area (Å²) in [6.07, 6.45) is 0. The van der Waals surface area contributed by atoms with Crippen LogP contribution in [0, 0.1) is 10.2 Å². The van der Waals surface area contributed by atoms with Crippen LogP contribution in [0.1, 0.15) is 0 Å². The molecule has 1 unspecified atom stereocenters. The van der Waals surface area contributed by atoms with E-state index in [1.165, 1.54) is 0 Å². The summed E-state index contributed by atoms with van der Waals surface area (Å²) in [7, 11) is 2.79. The van der Waals surface area contributed by atoms with Crippen molar-refractivity contribution in [3.8, 4) is 0 Å². The van der Waals surface area contributed by atoms with Crippen molar-refractivity contribution in [3.05, 3.63) is 0 Å². The van der Waals surface area contributed by atoms with Gasteiger partial charge in [-0.15, -0.1) is 0 Å². The van der Waals surface area contributed by atoms with Crippen LogP contribution in [0.5, 0.6) is 0 Å². The number of amidine groups is 1. The summed E-state index contributed by atoms with van der Waals surface area (Å²) >= 11 is -2.30. The van der Waals surface area contributed by atoms with Crippen LogP contribution < -0.4 is 14.0 Å². The van der Waals surface area contributed by atoms with Crippen molar-refractivity contribution >= 4 is 34.5 Å². The molecule has 0 aromatic heterocycles. The Kier molecular flexibility index (Phi) is 4.91. The first-order valence-electron chi connectivity index (χ1n) is 4.04. The van der Waals surface area contributed by atoms with Crippen LogP contribution in [0.2, 0.25) is 0 Å². The third kappa shape index (κ3) is 4.05. The zero-order chi connectivity index (χ0) is 12.5. The number of nitrogens with zero attached hydrogens (tertiary/aromatic N) is 3. The first-order chi connectivity index (χ1) is 7.20. The van der Waals surface area contributed by atoms with Crippen molar-refractivity contribution in [2.75, 3.05) is 28.2 Å². The molecule has 1 aliphatic heterocycles. The van der Waals surface area contributed by atoms with Gasteiger partial charge in [0, 0.05) is 0 Å². The Bertz CT molecular complexity index is 339. The quantitative estimate of drug-likeness (QED) is 0.454. The average Bonchev–Trinajstić information content (AvgIpc) is 2.44. The molecule has 7 nitrogen and oxygen atoms in total. The Morgan fingerprint density at radius 1 is 1.19 bits per heavy atom. The summed E-state index contributed by atoms with van der Waals surface area (Å²) in [6.45, 7) is 0. The second-order valence-electron chi connectivity index (χ2n) is 3.22. The topological polar surface area (TPSA) is 97.2 Å². The van der Waals surface area contributed by atoms with E-state index in [0.717, 1.165) is 4.73 Å². The fraction of sp³-hybridized carbons (Fsp3) is 0.667. The summed E-state index contributed by atoms with van der Waals surface area (Å²) in [4.78, 5) is 7.80. The Morgan fingerprint density at radius 2 is 1.75 bits per heavy atom. The Hall–Kier alpha value is 0.469. The third-order valence-electron chi connectivity index (χ3n) is 1.39. The Labute approximate surface area is 105 Å². The number of hydrogen-bond acceptors (Lipinski definition) is 7. The third-order valence-corrected chi connectivity index (χ3v) is 13.1. The summed E-state index contributed by atoms with van der Waals surface area (Å²) < 4.78 is 37.7. The van der Waals surface area contributed by atoms with Gasteiger partial charge in [0.05, 0.1) is 0 Å². The predicted molar refractivity (Wildman–Crippen MR) is 52.4 cm³/mol. The van der Waals surface area contributed by atoms with Gasteiger partial charge in [-0.3, -0.25) is 0 Å².